The SMILES string of the molecule is CC.COC(=O)C(Br)c1c(Cl)cncc1Br.COC(=O)Cc1c(Cl)cncc1Br. The Labute approximate surface area is 205 Å². The fourth-order valence-corrected chi connectivity index (χ4v) is 4.58. The third kappa shape index (κ3) is 9.29. The first-order valence-electron chi connectivity index (χ1n) is 8.08. The first kappa shape index (κ1) is 28.3. The summed E-state index contributed by atoms with van der Waals surface area (Å²) in [5, 5.41) is 0.867. The maximum Gasteiger partial charge on any atom is 0.324 e. The smallest absolute Gasteiger partial charge is 0.324 e. The normalized spacial score (nSPS) is 10.5. The lowest BCUT2D eigenvalue weighted by atomic mass is 10.2. The Morgan fingerprint density at radius 2 is 1.48 bits per heavy atom. The van der Waals surface area contributed by atoms with Crippen LogP contribution < -0.4 is 0 Å². The van der Waals surface area contributed by atoms with Crippen molar-refractivity contribution >= 4 is 82.9 Å². The third-order valence-electron chi connectivity index (χ3n) is 3.05. The fourth-order valence-electron chi connectivity index (χ4n) is 1.71. The van der Waals surface area contributed by atoms with Crippen molar-refractivity contribution in [3.63, 3.8) is 0 Å². The van der Waals surface area contributed by atoms with Crippen molar-refractivity contribution < 1.29 is 19.1 Å². The van der Waals surface area contributed by atoms with Gasteiger partial charge < -0.3 is 9.47 Å². The lowest BCUT2D eigenvalue weighted by Gasteiger charge is -2.10. The van der Waals surface area contributed by atoms with Gasteiger partial charge in [0.2, 0.25) is 0 Å². The number of esters is 2. The van der Waals surface area contributed by atoms with Crippen LogP contribution in [0.1, 0.15) is 29.8 Å². The van der Waals surface area contributed by atoms with Crippen LogP contribution in [0.25, 0.3) is 0 Å². The quantitative estimate of drug-likeness (QED) is 0.287. The number of methoxy groups -OCH3 is 2. The highest BCUT2D eigenvalue weighted by molar-refractivity contribution is 9.11. The van der Waals surface area contributed by atoms with Crippen molar-refractivity contribution in [3.05, 3.63) is 54.9 Å². The first-order chi connectivity index (χ1) is 13.7. The van der Waals surface area contributed by atoms with E-state index in [4.69, 9.17) is 23.2 Å². The van der Waals surface area contributed by atoms with Gasteiger partial charge in [0.15, 0.2) is 0 Å². The average molecular weight is 638 g/mol. The Balaban J connectivity index is 0.000000499. The van der Waals surface area contributed by atoms with Gasteiger partial charge in [-0.1, -0.05) is 53.0 Å². The van der Waals surface area contributed by atoms with E-state index in [1.165, 1.54) is 26.6 Å². The van der Waals surface area contributed by atoms with Crippen LogP contribution >= 0.6 is 71.0 Å². The maximum atomic E-state index is 11.2. The number of rotatable bonds is 4. The van der Waals surface area contributed by atoms with Crippen LogP contribution in [0.4, 0.5) is 0 Å². The number of alkyl halides is 1. The predicted molar refractivity (Wildman–Crippen MR) is 125 cm³/mol. The highest BCUT2D eigenvalue weighted by Gasteiger charge is 2.23. The zero-order chi connectivity index (χ0) is 22.6. The lowest BCUT2D eigenvalue weighted by Crippen LogP contribution is -2.09. The molecule has 0 bridgehead atoms. The molecule has 2 aromatic heterocycles. The summed E-state index contributed by atoms with van der Waals surface area (Å²) in [5.74, 6) is -0.729. The summed E-state index contributed by atoms with van der Waals surface area (Å²) in [6.45, 7) is 4.00. The van der Waals surface area contributed by atoms with E-state index in [-0.39, 0.29) is 12.4 Å². The number of hydrogen-bond donors (Lipinski definition) is 0. The number of ether oxygens (including phenoxy) is 2. The second-order valence-electron chi connectivity index (χ2n) is 4.74. The molecule has 1 unspecified atom stereocenters. The number of nitrogens with zero attached hydrogens (tertiary/aromatic N) is 2. The van der Waals surface area contributed by atoms with Crippen LogP contribution in [0.5, 0.6) is 0 Å². The molecule has 0 amide bonds. The van der Waals surface area contributed by atoms with Crippen LogP contribution in [0.3, 0.4) is 0 Å². The van der Waals surface area contributed by atoms with Gasteiger partial charge in [-0.25, -0.2) is 0 Å². The lowest BCUT2D eigenvalue weighted by molar-refractivity contribution is -0.140. The van der Waals surface area contributed by atoms with Crippen LogP contribution in [-0.2, 0) is 25.5 Å². The minimum Gasteiger partial charge on any atom is -0.469 e. The Kier molecular flexibility index (Phi) is 14.7. The van der Waals surface area contributed by atoms with Gasteiger partial charge in [0.1, 0.15) is 4.83 Å². The van der Waals surface area contributed by atoms with Crippen LogP contribution in [0, 0.1) is 0 Å². The number of hydrogen-bond acceptors (Lipinski definition) is 6. The van der Waals surface area contributed by atoms with Crippen molar-refractivity contribution in [2.24, 2.45) is 0 Å². The van der Waals surface area contributed by atoms with E-state index in [2.05, 4.69) is 67.2 Å². The van der Waals surface area contributed by atoms with Gasteiger partial charge in [-0.15, -0.1) is 0 Å². The van der Waals surface area contributed by atoms with Crippen molar-refractivity contribution in [2.75, 3.05) is 14.2 Å². The molecule has 0 fully saturated rings. The molecule has 0 saturated heterocycles. The van der Waals surface area contributed by atoms with Gasteiger partial charge in [0, 0.05) is 39.3 Å². The van der Waals surface area contributed by atoms with Gasteiger partial charge in [-0.3, -0.25) is 19.6 Å². The topological polar surface area (TPSA) is 78.4 Å². The Morgan fingerprint density at radius 1 is 0.966 bits per heavy atom. The second kappa shape index (κ2) is 15.1. The predicted octanol–water partition coefficient (Wildman–Crippen LogP) is 6.35. The molecule has 0 saturated carbocycles. The van der Waals surface area contributed by atoms with E-state index in [1.54, 1.807) is 12.4 Å². The minimum absolute atomic E-state index is 0.151. The molecule has 1 atom stereocenters. The summed E-state index contributed by atoms with van der Waals surface area (Å²) >= 11 is 21.4. The largest absolute Gasteiger partial charge is 0.469 e. The first-order valence-corrected chi connectivity index (χ1v) is 11.3. The molecule has 0 radical (unpaired) electrons. The van der Waals surface area contributed by atoms with E-state index in [0.29, 0.717) is 30.1 Å². The number of aromatic nitrogens is 2. The van der Waals surface area contributed by atoms with Gasteiger partial charge in [-0.05, 0) is 37.4 Å². The molecule has 2 rings (SSSR count). The fraction of sp³-hybridized carbons (Fsp3) is 0.333. The number of halogens is 5. The summed E-state index contributed by atoms with van der Waals surface area (Å²) in [7, 11) is 2.66. The van der Waals surface area contributed by atoms with Crippen LogP contribution in [0.15, 0.2) is 33.7 Å². The molecule has 0 spiro atoms. The molecular formula is C18H19Br3Cl2N2O4. The van der Waals surface area contributed by atoms with E-state index in [9.17, 15) is 9.59 Å². The summed E-state index contributed by atoms with van der Waals surface area (Å²) in [6, 6.07) is 0. The number of pyridine rings is 2. The van der Waals surface area contributed by atoms with Crippen molar-refractivity contribution in [1.29, 1.82) is 0 Å². The van der Waals surface area contributed by atoms with Crippen LogP contribution in [0.2, 0.25) is 10.0 Å². The standard InChI is InChI=1S/C8H6Br2ClNO2.C8H7BrClNO2.C2H6/c1-14-8(13)7(10)6-4(9)2-12-3-5(6)11;1-13-8(12)2-5-6(9)3-11-4-7(5)10;1-2/h2-3,7H,1H3;3-4H,2H2,1H3;1-2H3. The summed E-state index contributed by atoms with van der Waals surface area (Å²) in [5.41, 5.74) is 1.32. The Morgan fingerprint density at radius 3 is 1.93 bits per heavy atom. The number of carbonyl (C=O) groups excluding carboxylic acids is 2. The van der Waals surface area contributed by atoms with Gasteiger partial charge in [0.05, 0.1) is 30.7 Å². The molecule has 0 aromatic carbocycles. The van der Waals surface area contributed by atoms with Crippen LogP contribution in [-0.4, -0.2) is 36.1 Å². The molecule has 160 valence electrons. The van der Waals surface area contributed by atoms with Crippen molar-refractivity contribution in [2.45, 2.75) is 25.1 Å². The molecule has 2 heterocycles. The molecular weight excluding hydrogens is 619 g/mol. The molecule has 6 nitrogen and oxygen atoms in total. The molecule has 0 N–H and O–H groups in total. The molecule has 0 aliphatic carbocycles. The van der Waals surface area contributed by atoms with Crippen molar-refractivity contribution in [1.82, 2.24) is 9.97 Å². The van der Waals surface area contributed by atoms with Crippen molar-refractivity contribution in [3.8, 4) is 0 Å². The second-order valence-corrected chi connectivity index (χ2v) is 8.18. The molecule has 11 heteroatoms. The summed E-state index contributed by atoms with van der Waals surface area (Å²) in [6.07, 6.45) is 6.27. The zero-order valence-corrected chi connectivity index (χ0v) is 22.3. The van der Waals surface area contributed by atoms with E-state index >= 15 is 0 Å². The van der Waals surface area contributed by atoms with Gasteiger partial charge in [0.25, 0.3) is 0 Å². The third-order valence-corrected chi connectivity index (χ3v) is 5.83. The summed E-state index contributed by atoms with van der Waals surface area (Å²) < 4.78 is 10.5. The molecule has 2 aromatic rings. The van der Waals surface area contributed by atoms with E-state index in [0.717, 1.165) is 0 Å². The summed E-state index contributed by atoms with van der Waals surface area (Å²) in [4.78, 5) is 29.3. The minimum atomic E-state index is -0.586. The highest BCUT2D eigenvalue weighted by atomic mass is 79.9. The van der Waals surface area contributed by atoms with E-state index < -0.39 is 10.8 Å². The van der Waals surface area contributed by atoms with E-state index in [1.807, 2.05) is 13.8 Å². The average Bonchev–Trinajstić information content (AvgIpc) is 2.71. The molecule has 29 heavy (non-hydrogen) atoms. The zero-order valence-electron chi connectivity index (χ0n) is 16.0. The maximum absolute atomic E-state index is 11.2. The Hall–Kier alpha value is -0.740. The van der Waals surface area contributed by atoms with Gasteiger partial charge in [-0.2, -0.15) is 0 Å². The monoisotopic (exact) mass is 634 g/mol. The molecule has 0 aliphatic heterocycles. The highest BCUT2D eigenvalue weighted by Crippen LogP contribution is 2.35. The Bertz CT molecular complexity index is 785. The van der Waals surface area contributed by atoms with Gasteiger partial charge >= 0.3 is 11.9 Å². The molecule has 0 aliphatic rings. The number of carbonyl (C=O) groups is 2.